The molecule has 0 saturated heterocycles. The molecule has 3 aromatic carbocycles. The molecule has 1 unspecified atom stereocenters. The Labute approximate surface area is 421 Å². The molecule has 3 fully saturated rings. The number of carbonyl (C=O) groups is 7. The summed E-state index contributed by atoms with van der Waals surface area (Å²) in [5.74, 6) is -7.72. The number of aliphatic hydroxyl groups excluding tert-OH is 1. The number of fused-ring (bicyclic) bond motifs is 5. The molecule has 4 aliphatic carbocycles. The Morgan fingerprint density at radius 3 is 1.96 bits per heavy atom. The zero-order chi connectivity index (χ0) is 52.2. The Hall–Kier alpha value is -6.19. The second kappa shape index (κ2) is 21.9. The minimum atomic E-state index is -2.38. The summed E-state index contributed by atoms with van der Waals surface area (Å²) < 4.78 is 31.4. The van der Waals surface area contributed by atoms with Crippen LogP contribution in [0, 0.1) is 22.7 Å². The maximum atomic E-state index is 15.8. The fourth-order valence-corrected chi connectivity index (χ4v) is 12.1. The largest absolute Gasteiger partial charge is 0.458 e. The molecule has 3 aromatic rings. The molecule has 15 nitrogen and oxygen atoms in total. The summed E-state index contributed by atoms with van der Waals surface area (Å²) >= 11 is 0. The van der Waals surface area contributed by atoms with Crippen LogP contribution in [0.2, 0.25) is 0 Å². The number of esters is 5. The van der Waals surface area contributed by atoms with E-state index in [4.69, 9.17) is 23.7 Å². The number of benzene rings is 3. The van der Waals surface area contributed by atoms with E-state index in [0.717, 1.165) is 39.0 Å². The second-order valence-corrected chi connectivity index (χ2v) is 20.8. The van der Waals surface area contributed by atoms with Gasteiger partial charge in [-0.2, -0.15) is 0 Å². The van der Waals surface area contributed by atoms with Crippen molar-refractivity contribution in [3.8, 4) is 0 Å². The predicted molar refractivity (Wildman–Crippen MR) is 263 cm³/mol. The SMILES string of the molecule is CCCCCCCCC(=O)O[C@@H](C(=O)O[C@H]1C[C@@]2(O)[C@@H](OC(=O)c3ccccc3)C3[C@](C)(C(=O)[C@H](OC(C)=O)C(=C1C)C2(C)C)[C@@H](O)C[C@H]1CC[C@@]31OC(C)=O)[C@@H](NC(=O)c1ccccc1)c1ccccc1. The van der Waals surface area contributed by atoms with Gasteiger partial charge in [-0.05, 0) is 80.5 Å². The van der Waals surface area contributed by atoms with E-state index in [1.54, 1.807) is 99.6 Å². The van der Waals surface area contributed by atoms with Crippen LogP contribution in [0.15, 0.2) is 102 Å². The summed E-state index contributed by atoms with van der Waals surface area (Å²) in [6.45, 7) is 10.7. The maximum Gasteiger partial charge on any atom is 0.350 e. The Morgan fingerprint density at radius 1 is 0.778 bits per heavy atom. The van der Waals surface area contributed by atoms with E-state index in [1.165, 1.54) is 26.0 Å². The number of unbranched alkanes of at least 4 members (excludes halogenated alkanes) is 5. The summed E-state index contributed by atoms with van der Waals surface area (Å²) in [6.07, 6.45) is -3.06. The number of rotatable bonds is 18. The first-order valence-electron chi connectivity index (χ1n) is 25.3. The van der Waals surface area contributed by atoms with Crippen LogP contribution >= 0.6 is 0 Å². The van der Waals surface area contributed by atoms with E-state index in [9.17, 15) is 34.2 Å². The van der Waals surface area contributed by atoms with Crippen LogP contribution in [0.25, 0.3) is 0 Å². The molecule has 0 aliphatic heterocycles. The normalized spacial score (nSPS) is 29.0. The van der Waals surface area contributed by atoms with Gasteiger partial charge in [0.05, 0.1) is 23.0 Å². The lowest BCUT2D eigenvalue weighted by Gasteiger charge is -2.68. The molecular weight excluding hydrogens is 923 g/mol. The molecule has 7 rings (SSSR count). The zero-order valence-electron chi connectivity index (χ0n) is 42.4. The monoisotopic (exact) mass is 991 g/mol. The molecule has 11 atom stereocenters. The van der Waals surface area contributed by atoms with Crippen LogP contribution in [-0.2, 0) is 47.7 Å². The minimum Gasteiger partial charge on any atom is -0.458 e. The van der Waals surface area contributed by atoms with Crippen molar-refractivity contribution in [2.75, 3.05) is 0 Å². The molecule has 4 aliphatic rings. The van der Waals surface area contributed by atoms with Crippen LogP contribution in [0.4, 0.5) is 0 Å². The second-order valence-electron chi connectivity index (χ2n) is 20.8. The molecule has 0 radical (unpaired) electrons. The Balaban J connectivity index is 1.39. The highest BCUT2D eigenvalue weighted by Gasteiger charge is 2.77. The van der Waals surface area contributed by atoms with Gasteiger partial charge in [-0.1, -0.05) is 120 Å². The number of hydrogen-bond acceptors (Lipinski definition) is 14. The molecule has 1 amide bonds. The van der Waals surface area contributed by atoms with Gasteiger partial charge in [0.15, 0.2) is 11.9 Å². The Morgan fingerprint density at radius 2 is 1.38 bits per heavy atom. The van der Waals surface area contributed by atoms with Gasteiger partial charge in [0.25, 0.3) is 5.91 Å². The number of aliphatic hydroxyl groups is 2. The Kier molecular flexibility index (Phi) is 16.3. The van der Waals surface area contributed by atoms with Crippen molar-refractivity contribution in [1.82, 2.24) is 5.32 Å². The van der Waals surface area contributed by atoms with Crippen molar-refractivity contribution >= 4 is 41.5 Å². The number of carbonyl (C=O) groups excluding carboxylic acids is 7. The van der Waals surface area contributed by atoms with Crippen LogP contribution in [-0.4, -0.2) is 93.5 Å². The molecule has 3 saturated carbocycles. The predicted octanol–water partition coefficient (Wildman–Crippen LogP) is 8.05. The first-order chi connectivity index (χ1) is 34.2. The van der Waals surface area contributed by atoms with Gasteiger partial charge in [0, 0.05) is 43.6 Å². The van der Waals surface area contributed by atoms with Crippen molar-refractivity contribution < 1.29 is 67.5 Å². The molecule has 2 bridgehead atoms. The highest BCUT2D eigenvalue weighted by molar-refractivity contribution is 5.96. The smallest absolute Gasteiger partial charge is 0.350 e. The van der Waals surface area contributed by atoms with Crippen molar-refractivity contribution in [2.24, 2.45) is 22.7 Å². The third-order valence-electron chi connectivity index (χ3n) is 16.0. The minimum absolute atomic E-state index is 0.000605. The van der Waals surface area contributed by atoms with E-state index in [2.05, 4.69) is 12.2 Å². The van der Waals surface area contributed by atoms with Gasteiger partial charge in [0.2, 0.25) is 6.10 Å². The number of hydrogen-bond donors (Lipinski definition) is 3. The number of ether oxygens (including phenoxy) is 5. The summed E-state index contributed by atoms with van der Waals surface area (Å²) in [5.41, 5.74) is -6.65. The van der Waals surface area contributed by atoms with Gasteiger partial charge in [-0.3, -0.25) is 24.0 Å². The molecule has 15 heteroatoms. The molecule has 0 heterocycles. The van der Waals surface area contributed by atoms with Gasteiger partial charge < -0.3 is 39.2 Å². The van der Waals surface area contributed by atoms with Gasteiger partial charge >= 0.3 is 29.8 Å². The molecule has 386 valence electrons. The lowest BCUT2D eigenvalue weighted by atomic mass is 9.41. The average Bonchev–Trinajstić information content (AvgIpc) is 3.35. The van der Waals surface area contributed by atoms with E-state index >= 15 is 9.59 Å². The van der Waals surface area contributed by atoms with Crippen LogP contribution in [0.1, 0.15) is 151 Å². The summed E-state index contributed by atoms with van der Waals surface area (Å²) in [5, 5.41) is 29.2. The standard InChI is InChI=1S/C57H69NO14/c1-8-9-10-11-12-22-29-43(62)70-47(45(37-23-16-13-17-24-37)58-51(64)38-25-18-14-19-26-38)53(66)69-41-33-57(67)50(71-52(65)39-27-20-15-21-28-39)48-55(7,42(61)32-40-30-31-56(40,48)72-36(4)60)49(63)46(68-35(3)59)44(34(41)2)54(57,5)6/h13-21,23-28,40-42,45-48,50,61,67H,8-12,22,29-33H2,1-7H3,(H,58,64)/t40-,41+,42+,45+,46-,47-,48?,50+,55-,56+,57-/m1/s1. The fraction of sp³-hybridized carbons (Fsp3) is 0.526. The number of nitrogens with one attached hydrogen (secondary N) is 1. The lowest BCUT2D eigenvalue weighted by molar-refractivity contribution is -0.296. The van der Waals surface area contributed by atoms with E-state index < -0.39 is 118 Å². The van der Waals surface area contributed by atoms with Crippen molar-refractivity contribution in [3.05, 3.63) is 119 Å². The molecule has 0 aromatic heterocycles. The number of Topliss-reactive ketones (excluding diaryl/α,β-unsaturated/α-hetero) is 1. The highest BCUT2D eigenvalue weighted by atomic mass is 16.6. The van der Waals surface area contributed by atoms with Crippen LogP contribution in [0.5, 0.6) is 0 Å². The van der Waals surface area contributed by atoms with Crippen molar-refractivity contribution in [2.45, 2.75) is 167 Å². The first-order valence-corrected chi connectivity index (χ1v) is 25.3. The van der Waals surface area contributed by atoms with Gasteiger partial charge in [0.1, 0.15) is 29.5 Å². The molecule has 0 spiro atoms. The van der Waals surface area contributed by atoms with E-state index in [-0.39, 0.29) is 41.5 Å². The van der Waals surface area contributed by atoms with Crippen LogP contribution in [0.3, 0.4) is 0 Å². The lowest BCUT2D eigenvalue weighted by Crippen LogP contribution is -2.78. The zero-order valence-corrected chi connectivity index (χ0v) is 42.4. The number of ketones is 1. The van der Waals surface area contributed by atoms with E-state index in [1.807, 2.05) is 0 Å². The summed E-state index contributed by atoms with van der Waals surface area (Å²) in [6, 6.07) is 23.4. The van der Waals surface area contributed by atoms with Gasteiger partial charge in [-0.25, -0.2) is 9.59 Å². The molecule has 72 heavy (non-hydrogen) atoms. The van der Waals surface area contributed by atoms with Crippen molar-refractivity contribution in [1.29, 1.82) is 0 Å². The quantitative estimate of drug-likeness (QED) is 0.0476. The molecular formula is C57H69NO14. The van der Waals surface area contributed by atoms with Crippen LogP contribution < -0.4 is 5.32 Å². The third-order valence-corrected chi connectivity index (χ3v) is 16.0. The first kappa shape index (κ1) is 53.6. The summed E-state index contributed by atoms with van der Waals surface area (Å²) in [4.78, 5) is 99.9. The topological polar surface area (TPSA) is 218 Å². The fourth-order valence-electron chi connectivity index (χ4n) is 12.1. The summed E-state index contributed by atoms with van der Waals surface area (Å²) in [7, 11) is 0. The van der Waals surface area contributed by atoms with E-state index in [0.29, 0.717) is 18.4 Å². The highest BCUT2D eigenvalue weighted by Crippen LogP contribution is 2.67. The van der Waals surface area contributed by atoms with Crippen molar-refractivity contribution in [3.63, 3.8) is 0 Å². The number of amides is 1. The maximum absolute atomic E-state index is 15.8. The van der Waals surface area contributed by atoms with Gasteiger partial charge in [-0.15, -0.1) is 0 Å². The average molecular weight is 992 g/mol. The Bertz CT molecular complexity index is 2530. The third kappa shape index (κ3) is 10.2. The molecule has 3 N–H and O–H groups in total.